The van der Waals surface area contributed by atoms with E-state index in [4.69, 9.17) is 0 Å². The van der Waals surface area contributed by atoms with Crippen LogP contribution < -0.4 is 0 Å². The highest BCUT2D eigenvalue weighted by Gasteiger charge is 2.12. The van der Waals surface area contributed by atoms with Crippen molar-refractivity contribution in [1.29, 1.82) is 0 Å². The number of fused-ring (bicyclic) bond motifs is 2. The molecule has 19 heavy (non-hydrogen) atoms. The number of hydrogen-bond donors (Lipinski definition) is 1. The Labute approximate surface area is 113 Å². The molecule has 0 aliphatic heterocycles. The van der Waals surface area contributed by atoms with E-state index in [0.29, 0.717) is 0 Å². The lowest BCUT2D eigenvalue weighted by Crippen LogP contribution is -1.86. The summed E-state index contributed by atoms with van der Waals surface area (Å²) >= 11 is 1.72. The zero-order valence-electron chi connectivity index (χ0n) is 10.3. The highest BCUT2D eigenvalue weighted by Crippen LogP contribution is 2.36. The van der Waals surface area contributed by atoms with Crippen molar-refractivity contribution >= 4 is 32.3 Å². The lowest BCUT2D eigenvalue weighted by Gasteiger charge is -2.08. The second kappa shape index (κ2) is 3.90. The van der Waals surface area contributed by atoms with Gasteiger partial charge in [0.15, 0.2) is 0 Å². The number of aromatic nitrogens is 3. The molecule has 0 atom stereocenters. The number of aromatic amines is 1. The molecule has 3 aromatic heterocycles. The SMILES string of the molecule is Cc1ccc2[nH]ncc2c1-c1cncc2sccc12. The van der Waals surface area contributed by atoms with E-state index in [1.54, 1.807) is 11.3 Å². The van der Waals surface area contributed by atoms with E-state index in [2.05, 4.69) is 45.7 Å². The average Bonchev–Trinajstić information content (AvgIpc) is 3.06. The number of benzene rings is 1. The van der Waals surface area contributed by atoms with E-state index in [1.807, 2.05) is 18.6 Å². The Morgan fingerprint density at radius 2 is 2.00 bits per heavy atom. The monoisotopic (exact) mass is 265 g/mol. The molecule has 0 bridgehead atoms. The molecule has 1 aromatic carbocycles. The smallest absolute Gasteiger partial charge is 0.0656 e. The molecule has 1 N–H and O–H groups in total. The molecule has 0 spiro atoms. The predicted octanol–water partition coefficient (Wildman–Crippen LogP) is 4.15. The second-order valence-electron chi connectivity index (χ2n) is 4.61. The first kappa shape index (κ1) is 10.7. The van der Waals surface area contributed by atoms with Gasteiger partial charge in [-0.1, -0.05) is 6.07 Å². The lowest BCUT2D eigenvalue weighted by molar-refractivity contribution is 1.12. The van der Waals surface area contributed by atoms with Crippen molar-refractivity contribution in [2.75, 3.05) is 0 Å². The van der Waals surface area contributed by atoms with Crippen LogP contribution in [0.1, 0.15) is 5.56 Å². The molecule has 3 nitrogen and oxygen atoms in total. The first-order chi connectivity index (χ1) is 9.34. The van der Waals surface area contributed by atoms with Gasteiger partial charge < -0.3 is 0 Å². The largest absolute Gasteiger partial charge is 0.278 e. The van der Waals surface area contributed by atoms with Crippen molar-refractivity contribution in [3.05, 3.63) is 47.7 Å². The predicted molar refractivity (Wildman–Crippen MR) is 79.4 cm³/mol. The summed E-state index contributed by atoms with van der Waals surface area (Å²) in [5.41, 5.74) is 4.72. The van der Waals surface area contributed by atoms with E-state index in [9.17, 15) is 0 Å². The molecule has 3 heterocycles. The maximum absolute atomic E-state index is 4.37. The maximum atomic E-state index is 4.37. The Hall–Kier alpha value is -2.20. The molecule has 0 radical (unpaired) electrons. The van der Waals surface area contributed by atoms with Crippen molar-refractivity contribution < 1.29 is 0 Å². The van der Waals surface area contributed by atoms with Gasteiger partial charge in [0, 0.05) is 28.7 Å². The van der Waals surface area contributed by atoms with E-state index in [-0.39, 0.29) is 0 Å². The highest BCUT2D eigenvalue weighted by atomic mass is 32.1. The number of nitrogens with one attached hydrogen (secondary N) is 1. The van der Waals surface area contributed by atoms with Crippen LogP contribution in [-0.2, 0) is 0 Å². The van der Waals surface area contributed by atoms with E-state index in [0.717, 1.165) is 10.9 Å². The fourth-order valence-electron chi connectivity index (χ4n) is 2.58. The van der Waals surface area contributed by atoms with E-state index in [1.165, 1.54) is 26.8 Å². The standard InChI is InChI=1S/C15H11N3S/c1-9-2-3-13-12(7-17-18-13)15(9)11-6-16-8-14-10(11)4-5-19-14/h2-8H,1H3,(H,17,18). The number of hydrogen-bond acceptors (Lipinski definition) is 3. The van der Waals surface area contributed by atoms with Crippen LogP contribution in [0.4, 0.5) is 0 Å². The second-order valence-corrected chi connectivity index (χ2v) is 5.56. The van der Waals surface area contributed by atoms with Gasteiger partial charge in [-0.25, -0.2) is 0 Å². The van der Waals surface area contributed by atoms with Crippen molar-refractivity contribution in [3.63, 3.8) is 0 Å². The van der Waals surface area contributed by atoms with E-state index < -0.39 is 0 Å². The summed E-state index contributed by atoms with van der Waals surface area (Å²) in [6.45, 7) is 2.13. The molecule has 4 heteroatoms. The molecular weight excluding hydrogens is 254 g/mol. The molecule has 0 aliphatic rings. The molecule has 4 rings (SSSR count). The van der Waals surface area contributed by atoms with Gasteiger partial charge in [-0.15, -0.1) is 11.3 Å². The zero-order valence-corrected chi connectivity index (χ0v) is 11.2. The van der Waals surface area contributed by atoms with Crippen LogP contribution >= 0.6 is 11.3 Å². The molecule has 4 aromatic rings. The summed E-state index contributed by atoms with van der Waals surface area (Å²) in [7, 11) is 0. The van der Waals surface area contributed by atoms with Crippen LogP contribution in [0.2, 0.25) is 0 Å². The van der Waals surface area contributed by atoms with Gasteiger partial charge in [0.25, 0.3) is 0 Å². The van der Waals surface area contributed by atoms with Gasteiger partial charge in [-0.05, 0) is 35.6 Å². The van der Waals surface area contributed by atoms with Crippen LogP contribution in [0.25, 0.3) is 32.1 Å². The molecule has 0 saturated heterocycles. The number of pyridine rings is 1. The molecule has 0 fully saturated rings. The molecular formula is C15H11N3S. The summed E-state index contributed by atoms with van der Waals surface area (Å²) in [6.07, 6.45) is 5.76. The van der Waals surface area contributed by atoms with Crippen LogP contribution in [0, 0.1) is 6.92 Å². The minimum atomic E-state index is 1.06. The van der Waals surface area contributed by atoms with Gasteiger partial charge in [-0.2, -0.15) is 5.10 Å². The Bertz CT molecular complexity index is 889. The molecule has 92 valence electrons. The summed E-state index contributed by atoms with van der Waals surface area (Å²) in [6, 6.07) is 6.36. The fourth-order valence-corrected chi connectivity index (χ4v) is 3.35. The van der Waals surface area contributed by atoms with Crippen LogP contribution in [0.3, 0.4) is 0 Å². The van der Waals surface area contributed by atoms with Crippen molar-refractivity contribution in [1.82, 2.24) is 15.2 Å². The van der Waals surface area contributed by atoms with Crippen molar-refractivity contribution in [3.8, 4) is 11.1 Å². The van der Waals surface area contributed by atoms with Crippen molar-refractivity contribution in [2.45, 2.75) is 6.92 Å². The molecule has 0 unspecified atom stereocenters. The third kappa shape index (κ3) is 1.50. The Morgan fingerprint density at radius 1 is 1.05 bits per heavy atom. The number of thiophene rings is 1. The topological polar surface area (TPSA) is 41.6 Å². The minimum Gasteiger partial charge on any atom is -0.278 e. The third-order valence-electron chi connectivity index (χ3n) is 3.48. The number of H-pyrrole nitrogens is 1. The maximum Gasteiger partial charge on any atom is 0.0656 e. The third-order valence-corrected chi connectivity index (χ3v) is 4.33. The fraction of sp³-hybridized carbons (Fsp3) is 0.0667. The van der Waals surface area contributed by atoms with Crippen LogP contribution in [0.15, 0.2) is 42.2 Å². The first-order valence-electron chi connectivity index (χ1n) is 6.09. The number of aryl methyl sites for hydroxylation is 1. The van der Waals surface area contributed by atoms with Gasteiger partial charge in [0.2, 0.25) is 0 Å². The van der Waals surface area contributed by atoms with Gasteiger partial charge in [-0.3, -0.25) is 10.1 Å². The average molecular weight is 265 g/mol. The number of rotatable bonds is 1. The highest BCUT2D eigenvalue weighted by molar-refractivity contribution is 7.17. The Kier molecular flexibility index (Phi) is 2.19. The number of nitrogens with zero attached hydrogens (tertiary/aromatic N) is 2. The van der Waals surface area contributed by atoms with Crippen LogP contribution in [0.5, 0.6) is 0 Å². The van der Waals surface area contributed by atoms with Crippen molar-refractivity contribution in [2.24, 2.45) is 0 Å². The molecule has 0 aliphatic carbocycles. The summed E-state index contributed by atoms with van der Waals surface area (Å²) in [5, 5.41) is 11.7. The molecule has 0 saturated carbocycles. The molecule has 0 amide bonds. The van der Waals surface area contributed by atoms with Crippen LogP contribution in [-0.4, -0.2) is 15.2 Å². The van der Waals surface area contributed by atoms with E-state index >= 15 is 0 Å². The Morgan fingerprint density at radius 3 is 2.95 bits per heavy atom. The quantitative estimate of drug-likeness (QED) is 0.561. The summed E-state index contributed by atoms with van der Waals surface area (Å²) < 4.78 is 1.22. The Balaban J connectivity index is 2.17. The van der Waals surface area contributed by atoms with Gasteiger partial charge in [0.05, 0.1) is 16.4 Å². The first-order valence-corrected chi connectivity index (χ1v) is 6.97. The zero-order chi connectivity index (χ0) is 12.8. The summed E-state index contributed by atoms with van der Waals surface area (Å²) in [5.74, 6) is 0. The lowest BCUT2D eigenvalue weighted by atomic mass is 9.96. The minimum absolute atomic E-state index is 1.06. The van der Waals surface area contributed by atoms with Gasteiger partial charge >= 0.3 is 0 Å². The normalized spacial score (nSPS) is 11.4. The van der Waals surface area contributed by atoms with Gasteiger partial charge in [0.1, 0.15) is 0 Å². The summed E-state index contributed by atoms with van der Waals surface area (Å²) in [4.78, 5) is 4.37.